The molecule has 5 nitrogen and oxygen atoms in total. The summed E-state index contributed by atoms with van der Waals surface area (Å²) in [7, 11) is 0. The number of carboxylic acids is 1. The Labute approximate surface area is 138 Å². The van der Waals surface area contributed by atoms with Crippen molar-refractivity contribution in [3.8, 4) is 0 Å². The first-order chi connectivity index (χ1) is 11.1. The van der Waals surface area contributed by atoms with Crippen LogP contribution >= 0.6 is 11.3 Å². The number of amides is 1. The second-order valence-electron chi connectivity index (χ2n) is 5.79. The van der Waals surface area contributed by atoms with Gasteiger partial charge in [0.05, 0.1) is 16.8 Å². The molecule has 1 amide bonds. The number of piperidine rings is 1. The van der Waals surface area contributed by atoms with Gasteiger partial charge in [-0.05, 0) is 37.5 Å². The maximum atomic E-state index is 12.6. The van der Waals surface area contributed by atoms with E-state index in [-0.39, 0.29) is 11.8 Å². The number of benzene rings is 1. The molecule has 0 spiro atoms. The van der Waals surface area contributed by atoms with Crippen LogP contribution in [0.25, 0.3) is 0 Å². The summed E-state index contributed by atoms with van der Waals surface area (Å²) >= 11 is 1.37. The van der Waals surface area contributed by atoms with Crippen molar-refractivity contribution in [2.45, 2.75) is 25.7 Å². The molecule has 1 atom stereocenters. The summed E-state index contributed by atoms with van der Waals surface area (Å²) in [6.07, 6.45) is 1.89. The lowest BCUT2D eigenvalue weighted by atomic mass is 9.89. The number of hydrogen-bond acceptors (Lipinski definition) is 4. The second kappa shape index (κ2) is 6.50. The number of hydrogen-bond donors (Lipinski definition) is 1. The summed E-state index contributed by atoms with van der Waals surface area (Å²) in [5.74, 6) is -0.708. The van der Waals surface area contributed by atoms with Gasteiger partial charge >= 0.3 is 5.97 Å². The minimum atomic E-state index is -0.920. The maximum Gasteiger partial charge on any atom is 0.335 e. The number of aromatic carboxylic acids is 1. The Morgan fingerprint density at radius 2 is 2.22 bits per heavy atom. The highest BCUT2D eigenvalue weighted by molar-refractivity contribution is 7.11. The summed E-state index contributed by atoms with van der Waals surface area (Å²) in [5.41, 5.74) is 3.75. The number of thiazole rings is 1. The number of aryl methyl sites for hydroxylation is 1. The van der Waals surface area contributed by atoms with Gasteiger partial charge in [0, 0.05) is 19.0 Å². The van der Waals surface area contributed by atoms with Gasteiger partial charge < -0.3 is 10.0 Å². The van der Waals surface area contributed by atoms with Crippen molar-refractivity contribution in [3.05, 3.63) is 51.5 Å². The van der Waals surface area contributed by atoms with E-state index in [9.17, 15) is 9.59 Å². The molecule has 0 bridgehead atoms. The van der Waals surface area contributed by atoms with Crippen LogP contribution in [0.3, 0.4) is 0 Å². The van der Waals surface area contributed by atoms with Crippen LogP contribution in [0.2, 0.25) is 0 Å². The molecule has 0 unspecified atom stereocenters. The molecule has 2 heterocycles. The predicted molar refractivity (Wildman–Crippen MR) is 88.1 cm³/mol. The highest BCUT2D eigenvalue weighted by Crippen LogP contribution is 2.29. The van der Waals surface area contributed by atoms with Gasteiger partial charge in [-0.3, -0.25) is 4.79 Å². The first kappa shape index (κ1) is 15.7. The third-order valence-electron chi connectivity index (χ3n) is 4.25. The third kappa shape index (κ3) is 3.27. The molecule has 1 aliphatic rings. The molecule has 120 valence electrons. The first-order valence-electron chi connectivity index (χ1n) is 7.59. The second-order valence-corrected chi connectivity index (χ2v) is 6.64. The van der Waals surface area contributed by atoms with Crippen LogP contribution in [0, 0.1) is 6.92 Å². The van der Waals surface area contributed by atoms with Gasteiger partial charge in [0.15, 0.2) is 0 Å². The van der Waals surface area contributed by atoms with Gasteiger partial charge in [0.25, 0.3) is 5.91 Å². The Hall–Kier alpha value is -2.21. The van der Waals surface area contributed by atoms with E-state index in [1.165, 1.54) is 11.3 Å². The summed E-state index contributed by atoms with van der Waals surface area (Å²) in [6, 6.07) is 7.03. The predicted octanol–water partition coefficient (Wildman–Crippen LogP) is 3.17. The molecule has 2 aromatic rings. The average molecular weight is 330 g/mol. The Morgan fingerprint density at radius 3 is 2.91 bits per heavy atom. The summed E-state index contributed by atoms with van der Waals surface area (Å²) in [4.78, 5) is 30.5. The maximum absolute atomic E-state index is 12.6. The van der Waals surface area contributed by atoms with Gasteiger partial charge in [0.2, 0.25) is 0 Å². The molecular formula is C17H18N2O3S. The quantitative estimate of drug-likeness (QED) is 0.938. The van der Waals surface area contributed by atoms with Crippen LogP contribution < -0.4 is 0 Å². The molecule has 3 rings (SSSR count). The Balaban J connectivity index is 1.78. The number of carbonyl (C=O) groups is 2. The van der Waals surface area contributed by atoms with Gasteiger partial charge in [-0.25, -0.2) is 9.78 Å². The number of aromatic nitrogens is 1. The smallest absolute Gasteiger partial charge is 0.335 e. The van der Waals surface area contributed by atoms with Crippen molar-refractivity contribution >= 4 is 23.2 Å². The molecule has 1 saturated heterocycles. The topological polar surface area (TPSA) is 70.5 Å². The molecule has 0 aliphatic carbocycles. The van der Waals surface area contributed by atoms with E-state index in [0.29, 0.717) is 17.0 Å². The number of likely N-dealkylation sites (tertiary alicyclic amines) is 1. The Kier molecular flexibility index (Phi) is 4.43. The zero-order valence-electron chi connectivity index (χ0n) is 12.9. The lowest BCUT2D eigenvalue weighted by Gasteiger charge is -2.33. The number of nitrogens with zero attached hydrogens (tertiary/aromatic N) is 2. The third-order valence-corrected chi connectivity index (χ3v) is 5.17. The van der Waals surface area contributed by atoms with E-state index in [1.54, 1.807) is 23.7 Å². The van der Waals surface area contributed by atoms with Crippen molar-refractivity contribution in [1.29, 1.82) is 0 Å². The fourth-order valence-electron chi connectivity index (χ4n) is 3.01. The minimum Gasteiger partial charge on any atom is -0.478 e. The highest BCUT2D eigenvalue weighted by atomic mass is 32.1. The summed E-state index contributed by atoms with van der Waals surface area (Å²) in [6.45, 7) is 3.21. The zero-order chi connectivity index (χ0) is 16.4. The number of rotatable bonds is 3. The summed E-state index contributed by atoms with van der Waals surface area (Å²) < 4.78 is 0. The molecule has 1 aliphatic heterocycles. The van der Waals surface area contributed by atoms with Crippen molar-refractivity contribution in [1.82, 2.24) is 9.88 Å². The Morgan fingerprint density at radius 1 is 1.39 bits per heavy atom. The van der Waals surface area contributed by atoms with Crippen LogP contribution in [0.15, 0.2) is 29.8 Å². The molecule has 1 fully saturated rings. The molecule has 1 N–H and O–H groups in total. The standard InChI is InChI=1S/C17H18N2O3S/c1-11-15(23-10-18-11)16(20)19-7-3-6-14(9-19)12-4-2-5-13(8-12)17(21)22/h2,4-5,8,10,14H,3,6-7,9H2,1H3,(H,21,22)/t14-/m0/s1. The van der Waals surface area contributed by atoms with Crippen molar-refractivity contribution in [3.63, 3.8) is 0 Å². The molecule has 6 heteroatoms. The van der Waals surface area contributed by atoms with E-state index < -0.39 is 5.97 Å². The zero-order valence-corrected chi connectivity index (χ0v) is 13.7. The van der Waals surface area contributed by atoms with Crippen LogP contribution in [0.1, 0.15) is 50.0 Å². The van der Waals surface area contributed by atoms with Crippen LogP contribution in [0.5, 0.6) is 0 Å². The van der Waals surface area contributed by atoms with E-state index in [0.717, 1.165) is 30.6 Å². The van der Waals surface area contributed by atoms with E-state index in [4.69, 9.17) is 5.11 Å². The normalized spacial score (nSPS) is 18.0. The Bertz CT molecular complexity index is 741. The van der Waals surface area contributed by atoms with E-state index in [2.05, 4.69) is 4.98 Å². The van der Waals surface area contributed by atoms with Crippen molar-refractivity contribution in [2.24, 2.45) is 0 Å². The monoisotopic (exact) mass is 330 g/mol. The SMILES string of the molecule is Cc1ncsc1C(=O)N1CCC[C@H](c2cccc(C(=O)O)c2)C1. The highest BCUT2D eigenvalue weighted by Gasteiger charge is 2.27. The van der Waals surface area contributed by atoms with Gasteiger partial charge in [0.1, 0.15) is 4.88 Å². The van der Waals surface area contributed by atoms with Crippen LogP contribution in [0.4, 0.5) is 0 Å². The van der Waals surface area contributed by atoms with Crippen molar-refractivity contribution in [2.75, 3.05) is 13.1 Å². The first-order valence-corrected chi connectivity index (χ1v) is 8.47. The average Bonchev–Trinajstić information content (AvgIpc) is 3.00. The van der Waals surface area contributed by atoms with Crippen LogP contribution in [-0.4, -0.2) is 40.0 Å². The fourth-order valence-corrected chi connectivity index (χ4v) is 3.78. The molecule has 1 aromatic heterocycles. The molecule has 0 saturated carbocycles. The minimum absolute atomic E-state index is 0.0316. The van der Waals surface area contributed by atoms with E-state index >= 15 is 0 Å². The summed E-state index contributed by atoms with van der Waals surface area (Å²) in [5, 5.41) is 9.13. The van der Waals surface area contributed by atoms with E-state index in [1.807, 2.05) is 17.9 Å². The van der Waals surface area contributed by atoms with Gasteiger partial charge in [-0.15, -0.1) is 11.3 Å². The molecule has 1 aromatic carbocycles. The lowest BCUT2D eigenvalue weighted by Crippen LogP contribution is -2.39. The molecule has 0 radical (unpaired) electrons. The number of carbonyl (C=O) groups excluding carboxylic acids is 1. The van der Waals surface area contributed by atoms with Crippen LogP contribution in [-0.2, 0) is 0 Å². The van der Waals surface area contributed by atoms with Crippen molar-refractivity contribution < 1.29 is 14.7 Å². The molecular weight excluding hydrogens is 312 g/mol. The van der Waals surface area contributed by atoms with Gasteiger partial charge in [-0.1, -0.05) is 12.1 Å². The fraction of sp³-hybridized carbons (Fsp3) is 0.353. The van der Waals surface area contributed by atoms with Gasteiger partial charge in [-0.2, -0.15) is 0 Å². The molecule has 23 heavy (non-hydrogen) atoms. The lowest BCUT2D eigenvalue weighted by molar-refractivity contribution is 0.0689. The number of carboxylic acid groups (broad SMARTS) is 1. The largest absolute Gasteiger partial charge is 0.478 e.